The summed E-state index contributed by atoms with van der Waals surface area (Å²) in [5, 5.41) is 4.27. The minimum atomic E-state index is -0.727. The van der Waals surface area contributed by atoms with E-state index in [1.165, 1.54) is 11.1 Å². The number of carbonyl (C=O) groups excluding carboxylic acids is 2. The Kier molecular flexibility index (Phi) is 8.97. The van der Waals surface area contributed by atoms with Crippen LogP contribution in [0.3, 0.4) is 0 Å². The summed E-state index contributed by atoms with van der Waals surface area (Å²) in [5.74, 6) is -0.0880. The van der Waals surface area contributed by atoms with Crippen LogP contribution in [0.4, 0.5) is 5.69 Å². The van der Waals surface area contributed by atoms with Gasteiger partial charge >= 0.3 is 0 Å². The maximum absolute atomic E-state index is 13.5. The van der Waals surface area contributed by atoms with Gasteiger partial charge in [-0.05, 0) is 53.3 Å². The van der Waals surface area contributed by atoms with Crippen LogP contribution in [0.5, 0.6) is 11.5 Å². The van der Waals surface area contributed by atoms with Gasteiger partial charge in [-0.3, -0.25) is 14.5 Å². The molecule has 7 nitrogen and oxygen atoms in total. The van der Waals surface area contributed by atoms with Crippen LogP contribution in [-0.2, 0) is 9.53 Å². The topological polar surface area (TPSA) is 77.1 Å². The number of morpholine rings is 1. The van der Waals surface area contributed by atoms with Crippen LogP contribution in [0.25, 0.3) is 10.8 Å². The van der Waals surface area contributed by atoms with Gasteiger partial charge in [0.2, 0.25) is 0 Å². The number of hydrogen-bond donors (Lipinski definition) is 1. The highest BCUT2D eigenvalue weighted by atomic mass is 16.5. The van der Waals surface area contributed by atoms with Gasteiger partial charge in [0, 0.05) is 36.5 Å². The number of ketones is 1. The van der Waals surface area contributed by atoms with Gasteiger partial charge in [-0.25, -0.2) is 0 Å². The maximum Gasteiger partial charge on any atom is 0.296 e. The number of benzene rings is 4. The van der Waals surface area contributed by atoms with E-state index < -0.39 is 11.7 Å². The quantitative estimate of drug-likeness (QED) is 0.197. The van der Waals surface area contributed by atoms with Crippen molar-refractivity contribution in [2.75, 3.05) is 51.9 Å². The number of nitrogens with one attached hydrogen (secondary N) is 1. The summed E-state index contributed by atoms with van der Waals surface area (Å²) < 4.78 is 17.0. The fraction of sp³-hybridized carbons (Fsp3) is 0.294. The SMILES string of the molecule is COc1ccc(C(C)c2ccccc2C)cc1NC(=O)C(=O)c1ccc(OCCN2CCOCC2)c2ccccc12. The fourth-order valence-electron chi connectivity index (χ4n) is 5.35. The molecule has 1 aliphatic rings. The molecule has 0 bridgehead atoms. The third kappa shape index (κ3) is 6.42. The molecule has 1 fully saturated rings. The van der Waals surface area contributed by atoms with Crippen molar-refractivity contribution in [1.29, 1.82) is 0 Å². The first kappa shape index (κ1) is 28.3. The van der Waals surface area contributed by atoms with Crippen LogP contribution in [0.1, 0.15) is 39.9 Å². The lowest BCUT2D eigenvalue weighted by Crippen LogP contribution is -2.38. The number of hydrogen-bond acceptors (Lipinski definition) is 6. The zero-order valence-electron chi connectivity index (χ0n) is 23.8. The second-order valence-electron chi connectivity index (χ2n) is 10.3. The van der Waals surface area contributed by atoms with Crippen molar-refractivity contribution in [3.05, 3.63) is 101 Å². The molecular formula is C34H36N2O5. The smallest absolute Gasteiger partial charge is 0.296 e. The Morgan fingerprint density at radius 1 is 0.927 bits per heavy atom. The van der Waals surface area contributed by atoms with E-state index in [-0.39, 0.29) is 5.92 Å². The molecule has 212 valence electrons. The van der Waals surface area contributed by atoms with Crippen molar-refractivity contribution >= 4 is 28.2 Å². The van der Waals surface area contributed by atoms with Gasteiger partial charge in [-0.15, -0.1) is 0 Å². The van der Waals surface area contributed by atoms with Crippen molar-refractivity contribution in [1.82, 2.24) is 4.90 Å². The van der Waals surface area contributed by atoms with Crippen molar-refractivity contribution < 1.29 is 23.8 Å². The summed E-state index contributed by atoms with van der Waals surface area (Å²) in [6.07, 6.45) is 0. The Morgan fingerprint density at radius 3 is 2.39 bits per heavy atom. The van der Waals surface area contributed by atoms with Crippen molar-refractivity contribution in [3.8, 4) is 11.5 Å². The van der Waals surface area contributed by atoms with Gasteiger partial charge < -0.3 is 19.5 Å². The molecule has 0 saturated carbocycles. The average Bonchev–Trinajstić information content (AvgIpc) is 3.01. The van der Waals surface area contributed by atoms with E-state index in [0.29, 0.717) is 34.7 Å². The molecule has 1 N–H and O–H groups in total. The van der Waals surface area contributed by atoms with E-state index in [4.69, 9.17) is 14.2 Å². The van der Waals surface area contributed by atoms with Crippen molar-refractivity contribution in [2.45, 2.75) is 19.8 Å². The van der Waals surface area contributed by atoms with E-state index in [1.807, 2.05) is 54.6 Å². The Balaban J connectivity index is 1.35. The first-order chi connectivity index (χ1) is 20.0. The molecule has 1 aliphatic heterocycles. The first-order valence-corrected chi connectivity index (χ1v) is 14.0. The van der Waals surface area contributed by atoms with E-state index in [1.54, 1.807) is 19.2 Å². The van der Waals surface area contributed by atoms with Gasteiger partial charge in [-0.2, -0.15) is 0 Å². The lowest BCUT2D eigenvalue weighted by molar-refractivity contribution is -0.112. The summed E-state index contributed by atoms with van der Waals surface area (Å²) >= 11 is 0. The Hall–Kier alpha value is -4.20. The number of nitrogens with zero attached hydrogens (tertiary/aromatic N) is 1. The second kappa shape index (κ2) is 13.0. The van der Waals surface area contributed by atoms with Gasteiger partial charge in [0.1, 0.15) is 18.1 Å². The van der Waals surface area contributed by atoms with Crippen LogP contribution in [0.2, 0.25) is 0 Å². The highest BCUT2D eigenvalue weighted by molar-refractivity contribution is 6.48. The first-order valence-electron chi connectivity index (χ1n) is 14.0. The van der Waals surface area contributed by atoms with Gasteiger partial charge in [0.05, 0.1) is 26.0 Å². The largest absolute Gasteiger partial charge is 0.495 e. The molecule has 0 radical (unpaired) electrons. The minimum Gasteiger partial charge on any atom is -0.495 e. The molecule has 1 heterocycles. The van der Waals surface area contributed by atoms with Crippen LogP contribution < -0.4 is 14.8 Å². The van der Waals surface area contributed by atoms with Crippen molar-refractivity contribution in [3.63, 3.8) is 0 Å². The van der Waals surface area contributed by atoms with E-state index in [0.717, 1.165) is 43.8 Å². The summed E-state index contributed by atoms with van der Waals surface area (Å²) in [7, 11) is 1.54. The second-order valence-corrected chi connectivity index (χ2v) is 10.3. The van der Waals surface area contributed by atoms with Crippen molar-refractivity contribution in [2.24, 2.45) is 0 Å². The zero-order chi connectivity index (χ0) is 28.8. The van der Waals surface area contributed by atoms with Gasteiger partial charge in [0.25, 0.3) is 11.7 Å². The van der Waals surface area contributed by atoms with E-state index >= 15 is 0 Å². The number of aryl methyl sites for hydroxylation is 1. The Morgan fingerprint density at radius 2 is 1.63 bits per heavy atom. The summed E-state index contributed by atoms with van der Waals surface area (Å²) in [6, 6.07) is 24.9. The molecule has 5 rings (SSSR count). The third-order valence-electron chi connectivity index (χ3n) is 7.73. The zero-order valence-corrected chi connectivity index (χ0v) is 23.8. The van der Waals surface area contributed by atoms with Crippen LogP contribution in [-0.4, -0.2) is 63.2 Å². The van der Waals surface area contributed by atoms with E-state index in [2.05, 4.69) is 36.2 Å². The third-order valence-corrected chi connectivity index (χ3v) is 7.73. The molecule has 41 heavy (non-hydrogen) atoms. The lowest BCUT2D eigenvalue weighted by atomic mass is 9.90. The van der Waals surface area contributed by atoms with Gasteiger partial charge in [-0.1, -0.05) is 61.5 Å². The number of fused-ring (bicyclic) bond motifs is 1. The van der Waals surface area contributed by atoms with E-state index in [9.17, 15) is 9.59 Å². The number of methoxy groups -OCH3 is 1. The molecule has 7 heteroatoms. The average molecular weight is 553 g/mol. The van der Waals surface area contributed by atoms with Crippen LogP contribution in [0.15, 0.2) is 78.9 Å². The van der Waals surface area contributed by atoms with Crippen LogP contribution >= 0.6 is 0 Å². The Labute approximate surface area is 241 Å². The molecule has 4 aromatic rings. The summed E-state index contributed by atoms with van der Waals surface area (Å²) in [5.41, 5.74) is 4.17. The number of Topliss-reactive ketones (excluding diaryl/α,β-unsaturated/α-hetero) is 1. The van der Waals surface area contributed by atoms with Crippen LogP contribution in [0, 0.1) is 6.92 Å². The molecule has 1 saturated heterocycles. The molecule has 1 atom stereocenters. The summed E-state index contributed by atoms with van der Waals surface area (Å²) in [6.45, 7) is 8.79. The molecule has 0 spiro atoms. The summed E-state index contributed by atoms with van der Waals surface area (Å²) in [4.78, 5) is 29.1. The highest BCUT2D eigenvalue weighted by Gasteiger charge is 2.22. The fourth-order valence-corrected chi connectivity index (χ4v) is 5.35. The molecule has 0 aliphatic carbocycles. The predicted molar refractivity (Wildman–Crippen MR) is 161 cm³/mol. The number of amides is 1. The molecule has 0 aromatic heterocycles. The monoisotopic (exact) mass is 552 g/mol. The maximum atomic E-state index is 13.5. The minimum absolute atomic E-state index is 0.0909. The molecule has 4 aromatic carbocycles. The number of anilines is 1. The molecular weight excluding hydrogens is 516 g/mol. The molecule has 1 unspecified atom stereocenters. The number of carbonyl (C=O) groups is 2. The normalized spacial score (nSPS) is 14.4. The standard InChI is InChI=1S/C34H36N2O5/c1-23-8-4-5-9-26(23)24(2)25-12-14-32(39-3)30(22-25)35-34(38)33(37)29-13-15-31(28-11-7-6-10-27(28)29)41-21-18-36-16-19-40-20-17-36/h4-15,22,24H,16-21H2,1-3H3,(H,35,38). The van der Waals surface area contributed by atoms with Gasteiger partial charge in [0.15, 0.2) is 0 Å². The molecule has 1 amide bonds. The predicted octanol–water partition coefficient (Wildman–Crippen LogP) is 5.84. The number of rotatable bonds is 10. The Bertz CT molecular complexity index is 1540. The highest BCUT2D eigenvalue weighted by Crippen LogP contribution is 2.34. The number of ether oxygens (including phenoxy) is 3. The lowest BCUT2D eigenvalue weighted by Gasteiger charge is -2.26.